The van der Waals surface area contributed by atoms with Gasteiger partial charge in [0.1, 0.15) is 0 Å². The molecular formula is C9H15F4NO2. The molecule has 0 aliphatic rings. The van der Waals surface area contributed by atoms with Crippen molar-refractivity contribution in [1.29, 1.82) is 0 Å². The van der Waals surface area contributed by atoms with E-state index in [0.29, 0.717) is 24.2 Å². The molecule has 0 saturated carbocycles. The lowest BCUT2D eigenvalue weighted by molar-refractivity contribution is -0.179. The molecule has 1 N–H and O–H groups in total. The SMILES string of the molecule is CN(CCCCCO)C(=O)C(F)(F)C(F)F. The van der Waals surface area contributed by atoms with E-state index in [1.165, 1.54) is 0 Å². The van der Waals surface area contributed by atoms with Gasteiger partial charge in [-0.3, -0.25) is 4.79 Å². The van der Waals surface area contributed by atoms with E-state index in [0.717, 1.165) is 7.05 Å². The highest BCUT2D eigenvalue weighted by atomic mass is 19.3. The molecule has 0 bridgehead atoms. The highest BCUT2D eigenvalue weighted by Crippen LogP contribution is 2.24. The maximum Gasteiger partial charge on any atom is 0.383 e. The number of carbonyl (C=O) groups excluding carboxylic acids is 1. The summed E-state index contributed by atoms with van der Waals surface area (Å²) in [6, 6.07) is 0. The van der Waals surface area contributed by atoms with E-state index < -0.39 is 18.3 Å². The normalized spacial score (nSPS) is 11.9. The lowest BCUT2D eigenvalue weighted by atomic mass is 10.2. The van der Waals surface area contributed by atoms with Crippen LogP contribution in [0, 0.1) is 0 Å². The molecule has 0 aromatic heterocycles. The van der Waals surface area contributed by atoms with Crippen molar-refractivity contribution in [3.63, 3.8) is 0 Å². The number of amides is 1. The zero-order chi connectivity index (χ0) is 12.8. The molecule has 0 fully saturated rings. The number of alkyl halides is 4. The van der Waals surface area contributed by atoms with Gasteiger partial charge >= 0.3 is 12.3 Å². The van der Waals surface area contributed by atoms with Gasteiger partial charge in [-0.2, -0.15) is 8.78 Å². The number of aliphatic hydroxyl groups is 1. The van der Waals surface area contributed by atoms with E-state index in [-0.39, 0.29) is 13.2 Å². The van der Waals surface area contributed by atoms with E-state index in [2.05, 4.69) is 0 Å². The average molecular weight is 245 g/mol. The van der Waals surface area contributed by atoms with Gasteiger partial charge in [-0.25, -0.2) is 8.78 Å². The third kappa shape index (κ3) is 4.34. The number of unbranched alkanes of at least 4 members (excludes halogenated alkanes) is 2. The molecule has 16 heavy (non-hydrogen) atoms. The predicted octanol–water partition coefficient (Wildman–Crippen LogP) is 1.51. The Balaban J connectivity index is 4.08. The summed E-state index contributed by atoms with van der Waals surface area (Å²) >= 11 is 0. The Morgan fingerprint density at radius 2 is 1.88 bits per heavy atom. The largest absolute Gasteiger partial charge is 0.396 e. The molecule has 1 amide bonds. The van der Waals surface area contributed by atoms with Gasteiger partial charge in [0.05, 0.1) is 0 Å². The molecular weight excluding hydrogens is 230 g/mol. The minimum Gasteiger partial charge on any atom is -0.396 e. The maximum absolute atomic E-state index is 12.6. The molecule has 0 aromatic rings. The van der Waals surface area contributed by atoms with Gasteiger partial charge < -0.3 is 10.0 Å². The predicted molar refractivity (Wildman–Crippen MR) is 49.5 cm³/mol. The number of hydrogen-bond donors (Lipinski definition) is 1. The van der Waals surface area contributed by atoms with Crippen LogP contribution < -0.4 is 0 Å². The van der Waals surface area contributed by atoms with Gasteiger partial charge in [-0.05, 0) is 19.3 Å². The molecule has 0 aliphatic heterocycles. The van der Waals surface area contributed by atoms with E-state index in [4.69, 9.17) is 5.11 Å². The Kier molecular flexibility index (Phi) is 6.32. The minimum atomic E-state index is -4.62. The first-order valence-electron chi connectivity index (χ1n) is 4.86. The van der Waals surface area contributed by atoms with Crippen LogP contribution in [0.5, 0.6) is 0 Å². The molecule has 0 atom stereocenters. The lowest BCUT2D eigenvalue weighted by Gasteiger charge is -2.22. The van der Waals surface area contributed by atoms with Crippen LogP contribution in [0.1, 0.15) is 19.3 Å². The topological polar surface area (TPSA) is 40.5 Å². The second-order valence-corrected chi connectivity index (χ2v) is 3.43. The molecule has 0 rings (SSSR count). The molecule has 3 nitrogen and oxygen atoms in total. The minimum absolute atomic E-state index is 0.0230. The molecule has 96 valence electrons. The van der Waals surface area contributed by atoms with Crippen molar-refractivity contribution in [3.05, 3.63) is 0 Å². The summed E-state index contributed by atoms with van der Waals surface area (Å²) in [5.74, 6) is -6.49. The zero-order valence-corrected chi connectivity index (χ0v) is 8.93. The Morgan fingerprint density at radius 3 is 2.31 bits per heavy atom. The number of nitrogens with zero attached hydrogens (tertiary/aromatic N) is 1. The molecule has 7 heteroatoms. The van der Waals surface area contributed by atoms with Crippen LogP contribution >= 0.6 is 0 Å². The maximum atomic E-state index is 12.6. The smallest absolute Gasteiger partial charge is 0.383 e. The molecule has 0 aromatic carbocycles. The standard InChI is InChI=1S/C9H15F4NO2/c1-14(5-3-2-4-6-15)8(16)9(12,13)7(10)11/h7,15H,2-6H2,1H3. The molecule has 0 heterocycles. The molecule has 0 spiro atoms. The Labute approximate surface area is 91.0 Å². The van der Waals surface area contributed by atoms with Crippen LogP contribution in [-0.2, 0) is 4.79 Å². The van der Waals surface area contributed by atoms with Crippen molar-refractivity contribution in [2.75, 3.05) is 20.2 Å². The first-order valence-corrected chi connectivity index (χ1v) is 4.86. The summed E-state index contributed by atoms with van der Waals surface area (Å²) in [5.41, 5.74) is 0. The first-order chi connectivity index (χ1) is 7.34. The van der Waals surface area contributed by atoms with Crippen LogP contribution in [0.4, 0.5) is 17.6 Å². The Morgan fingerprint density at radius 1 is 1.31 bits per heavy atom. The zero-order valence-electron chi connectivity index (χ0n) is 8.93. The first kappa shape index (κ1) is 15.2. The highest BCUT2D eigenvalue weighted by Gasteiger charge is 2.50. The lowest BCUT2D eigenvalue weighted by Crippen LogP contribution is -2.46. The fraction of sp³-hybridized carbons (Fsp3) is 0.889. The summed E-state index contributed by atoms with van der Waals surface area (Å²) in [4.78, 5) is 11.5. The summed E-state index contributed by atoms with van der Waals surface area (Å²) in [7, 11) is 1.05. The summed E-state index contributed by atoms with van der Waals surface area (Å²) in [5, 5.41) is 8.44. The average Bonchev–Trinajstić information content (AvgIpc) is 2.22. The molecule has 0 aliphatic carbocycles. The molecule has 0 unspecified atom stereocenters. The van der Waals surface area contributed by atoms with Crippen molar-refractivity contribution in [1.82, 2.24) is 4.90 Å². The Bertz CT molecular complexity index is 224. The van der Waals surface area contributed by atoms with Gasteiger partial charge in [0.25, 0.3) is 5.91 Å². The third-order valence-corrected chi connectivity index (χ3v) is 2.06. The number of hydrogen-bond acceptors (Lipinski definition) is 2. The van der Waals surface area contributed by atoms with Gasteiger partial charge in [0.15, 0.2) is 0 Å². The van der Waals surface area contributed by atoms with Crippen molar-refractivity contribution < 1.29 is 27.5 Å². The summed E-state index contributed by atoms with van der Waals surface area (Å²) < 4.78 is 48.8. The van der Waals surface area contributed by atoms with Crippen LogP contribution in [0.2, 0.25) is 0 Å². The second-order valence-electron chi connectivity index (χ2n) is 3.43. The van der Waals surface area contributed by atoms with Gasteiger partial charge in [0.2, 0.25) is 0 Å². The summed E-state index contributed by atoms with van der Waals surface area (Å²) in [6.45, 7) is -0.0496. The quantitative estimate of drug-likeness (QED) is 0.545. The van der Waals surface area contributed by atoms with Crippen LogP contribution in [0.25, 0.3) is 0 Å². The summed E-state index contributed by atoms with van der Waals surface area (Å²) in [6.07, 6.45) is -2.55. The van der Waals surface area contributed by atoms with Crippen molar-refractivity contribution in [2.45, 2.75) is 31.6 Å². The van der Waals surface area contributed by atoms with Crippen molar-refractivity contribution in [2.24, 2.45) is 0 Å². The van der Waals surface area contributed by atoms with Crippen molar-refractivity contribution >= 4 is 5.91 Å². The number of aliphatic hydroxyl groups excluding tert-OH is 1. The molecule has 0 radical (unpaired) electrons. The highest BCUT2D eigenvalue weighted by molar-refractivity contribution is 5.83. The Hall–Kier alpha value is -0.850. The third-order valence-electron chi connectivity index (χ3n) is 2.06. The van der Waals surface area contributed by atoms with Crippen LogP contribution in [-0.4, -0.2) is 48.5 Å². The van der Waals surface area contributed by atoms with E-state index >= 15 is 0 Å². The number of rotatable bonds is 7. The fourth-order valence-electron chi connectivity index (χ4n) is 1.09. The van der Waals surface area contributed by atoms with Gasteiger partial charge in [-0.15, -0.1) is 0 Å². The number of carbonyl (C=O) groups is 1. The fourth-order valence-corrected chi connectivity index (χ4v) is 1.09. The number of halogens is 4. The van der Waals surface area contributed by atoms with Crippen LogP contribution in [0.15, 0.2) is 0 Å². The van der Waals surface area contributed by atoms with E-state index in [9.17, 15) is 22.4 Å². The van der Waals surface area contributed by atoms with Crippen molar-refractivity contribution in [3.8, 4) is 0 Å². The molecule has 0 saturated heterocycles. The second kappa shape index (κ2) is 6.67. The van der Waals surface area contributed by atoms with Gasteiger partial charge in [0, 0.05) is 20.2 Å². The van der Waals surface area contributed by atoms with Crippen LogP contribution in [0.3, 0.4) is 0 Å². The van der Waals surface area contributed by atoms with E-state index in [1.807, 2.05) is 0 Å². The van der Waals surface area contributed by atoms with Gasteiger partial charge in [-0.1, -0.05) is 0 Å². The van der Waals surface area contributed by atoms with E-state index in [1.54, 1.807) is 0 Å². The monoisotopic (exact) mass is 245 g/mol.